The molecule has 1 atom stereocenters. The molecule has 14 heavy (non-hydrogen) atoms. The number of ether oxygens (including phenoxy) is 1. The molecular weight excluding hydrogens is 196 g/mol. The molecule has 2 N–H and O–H groups in total. The number of nitrogens with two attached hydrogens (primary N) is 1. The molecule has 3 nitrogen and oxygen atoms in total. The van der Waals surface area contributed by atoms with Crippen molar-refractivity contribution in [1.29, 1.82) is 0 Å². The first-order valence-corrected chi connectivity index (χ1v) is 5.76. The maximum atomic E-state index is 5.97. The molecule has 1 heterocycles. The normalized spacial score (nSPS) is 13.1. The summed E-state index contributed by atoms with van der Waals surface area (Å²) < 4.78 is 4.98. The number of methoxy groups -OCH3 is 1. The van der Waals surface area contributed by atoms with Crippen molar-refractivity contribution in [2.45, 2.75) is 32.2 Å². The predicted octanol–water partition coefficient (Wildman–Crippen LogP) is 1.75. The van der Waals surface area contributed by atoms with E-state index in [1.165, 1.54) is 0 Å². The van der Waals surface area contributed by atoms with Crippen LogP contribution in [0.5, 0.6) is 0 Å². The number of rotatable bonds is 6. The van der Waals surface area contributed by atoms with Crippen LogP contribution < -0.4 is 5.73 Å². The van der Waals surface area contributed by atoms with E-state index in [-0.39, 0.29) is 6.04 Å². The van der Waals surface area contributed by atoms with E-state index in [4.69, 9.17) is 10.5 Å². The van der Waals surface area contributed by atoms with Gasteiger partial charge in [-0.15, -0.1) is 11.3 Å². The molecule has 0 radical (unpaired) electrons. The summed E-state index contributed by atoms with van der Waals surface area (Å²) in [6, 6.07) is 0.218. The quantitative estimate of drug-likeness (QED) is 0.734. The monoisotopic (exact) mass is 214 g/mol. The number of nitrogens with zero attached hydrogens (tertiary/aromatic N) is 1. The topological polar surface area (TPSA) is 48.1 Å². The largest absolute Gasteiger partial charge is 0.385 e. The molecule has 0 aliphatic carbocycles. The summed E-state index contributed by atoms with van der Waals surface area (Å²) in [7, 11) is 1.72. The van der Waals surface area contributed by atoms with Gasteiger partial charge in [0.2, 0.25) is 0 Å². The lowest BCUT2D eigenvalue weighted by Gasteiger charge is -2.08. The highest BCUT2D eigenvalue weighted by Gasteiger charge is 2.06. The number of hydrogen-bond donors (Lipinski definition) is 1. The first-order chi connectivity index (χ1) is 6.72. The summed E-state index contributed by atoms with van der Waals surface area (Å²) >= 11 is 1.69. The molecule has 0 amide bonds. The standard InChI is InChI=1S/C10H18N2OS/c1-8-7-14-10(12-8)6-9(11)4-3-5-13-2/h7,9H,3-6,11H2,1-2H3. The molecule has 0 fully saturated rings. The lowest BCUT2D eigenvalue weighted by Crippen LogP contribution is -2.23. The lowest BCUT2D eigenvalue weighted by molar-refractivity contribution is 0.190. The molecule has 0 saturated heterocycles. The molecular formula is C10H18N2OS. The van der Waals surface area contributed by atoms with Gasteiger partial charge < -0.3 is 10.5 Å². The third kappa shape index (κ3) is 4.17. The minimum atomic E-state index is 0.218. The zero-order valence-electron chi connectivity index (χ0n) is 8.82. The van der Waals surface area contributed by atoms with Crippen molar-refractivity contribution < 1.29 is 4.74 Å². The molecule has 0 bridgehead atoms. The van der Waals surface area contributed by atoms with Crippen LogP contribution >= 0.6 is 11.3 Å². The summed E-state index contributed by atoms with van der Waals surface area (Å²) in [6.07, 6.45) is 2.93. The van der Waals surface area contributed by atoms with Crippen molar-refractivity contribution >= 4 is 11.3 Å². The van der Waals surface area contributed by atoms with Crippen molar-refractivity contribution in [2.24, 2.45) is 5.73 Å². The Kier molecular flexibility index (Phi) is 5.07. The maximum absolute atomic E-state index is 5.97. The minimum Gasteiger partial charge on any atom is -0.385 e. The Hall–Kier alpha value is -0.450. The highest BCUT2D eigenvalue weighted by molar-refractivity contribution is 7.09. The summed E-state index contributed by atoms with van der Waals surface area (Å²) in [5.41, 5.74) is 7.06. The Morgan fingerprint density at radius 2 is 2.43 bits per heavy atom. The van der Waals surface area contributed by atoms with Gasteiger partial charge in [0.1, 0.15) is 0 Å². The fourth-order valence-corrected chi connectivity index (χ4v) is 2.18. The van der Waals surface area contributed by atoms with E-state index >= 15 is 0 Å². The molecule has 0 saturated carbocycles. The third-order valence-corrected chi connectivity index (χ3v) is 3.02. The molecule has 0 spiro atoms. The van der Waals surface area contributed by atoms with Crippen molar-refractivity contribution in [3.05, 3.63) is 16.1 Å². The van der Waals surface area contributed by atoms with Crippen LogP contribution in [0, 0.1) is 6.92 Å². The van der Waals surface area contributed by atoms with Gasteiger partial charge in [-0.3, -0.25) is 0 Å². The number of aryl methyl sites for hydroxylation is 1. The van der Waals surface area contributed by atoms with Crippen LogP contribution in [0.1, 0.15) is 23.5 Å². The van der Waals surface area contributed by atoms with Crippen LogP contribution in [0.4, 0.5) is 0 Å². The number of aromatic nitrogens is 1. The second-order valence-electron chi connectivity index (χ2n) is 3.48. The van der Waals surface area contributed by atoms with Crippen LogP contribution in [-0.4, -0.2) is 24.7 Å². The first-order valence-electron chi connectivity index (χ1n) is 4.88. The number of thiazole rings is 1. The smallest absolute Gasteiger partial charge is 0.0943 e. The van der Waals surface area contributed by atoms with Crippen molar-refractivity contribution in [1.82, 2.24) is 4.98 Å². The van der Waals surface area contributed by atoms with Gasteiger partial charge in [-0.2, -0.15) is 0 Å². The molecule has 0 aromatic carbocycles. The molecule has 4 heteroatoms. The maximum Gasteiger partial charge on any atom is 0.0943 e. The fourth-order valence-electron chi connectivity index (χ4n) is 1.31. The van der Waals surface area contributed by atoms with Gasteiger partial charge in [0.25, 0.3) is 0 Å². The van der Waals surface area contributed by atoms with E-state index in [2.05, 4.69) is 10.4 Å². The van der Waals surface area contributed by atoms with Gasteiger partial charge in [-0.1, -0.05) is 0 Å². The Balaban J connectivity index is 2.23. The van der Waals surface area contributed by atoms with Gasteiger partial charge in [0, 0.05) is 37.3 Å². The molecule has 0 aliphatic rings. The Bertz CT molecular complexity index is 262. The van der Waals surface area contributed by atoms with Crippen molar-refractivity contribution in [3.8, 4) is 0 Å². The zero-order chi connectivity index (χ0) is 10.4. The van der Waals surface area contributed by atoms with E-state index in [9.17, 15) is 0 Å². The van der Waals surface area contributed by atoms with Crippen molar-refractivity contribution in [3.63, 3.8) is 0 Å². The Morgan fingerprint density at radius 1 is 1.64 bits per heavy atom. The summed E-state index contributed by atoms with van der Waals surface area (Å²) in [4.78, 5) is 4.39. The minimum absolute atomic E-state index is 0.218. The summed E-state index contributed by atoms with van der Waals surface area (Å²) in [5, 5.41) is 3.21. The second-order valence-corrected chi connectivity index (χ2v) is 4.42. The van der Waals surface area contributed by atoms with Gasteiger partial charge in [-0.25, -0.2) is 4.98 Å². The zero-order valence-corrected chi connectivity index (χ0v) is 9.64. The highest BCUT2D eigenvalue weighted by atomic mass is 32.1. The highest BCUT2D eigenvalue weighted by Crippen LogP contribution is 2.12. The summed E-state index contributed by atoms with van der Waals surface area (Å²) in [5.74, 6) is 0. The van der Waals surface area contributed by atoms with Crippen LogP contribution in [-0.2, 0) is 11.2 Å². The van der Waals surface area contributed by atoms with E-state index in [0.717, 1.165) is 36.6 Å². The lowest BCUT2D eigenvalue weighted by atomic mass is 10.1. The Morgan fingerprint density at radius 3 is 3.00 bits per heavy atom. The van der Waals surface area contributed by atoms with Gasteiger partial charge in [0.15, 0.2) is 0 Å². The fraction of sp³-hybridized carbons (Fsp3) is 0.700. The van der Waals surface area contributed by atoms with Crippen LogP contribution in [0.25, 0.3) is 0 Å². The predicted molar refractivity (Wildman–Crippen MR) is 59.6 cm³/mol. The van der Waals surface area contributed by atoms with Crippen molar-refractivity contribution in [2.75, 3.05) is 13.7 Å². The average molecular weight is 214 g/mol. The van der Waals surface area contributed by atoms with E-state index in [1.54, 1.807) is 18.4 Å². The molecule has 1 unspecified atom stereocenters. The second kappa shape index (κ2) is 6.11. The third-order valence-electron chi connectivity index (χ3n) is 2.03. The Labute approximate surface area is 89.3 Å². The van der Waals surface area contributed by atoms with Gasteiger partial charge >= 0.3 is 0 Å². The first kappa shape index (κ1) is 11.6. The SMILES string of the molecule is COCCCC(N)Cc1nc(C)cs1. The van der Waals surface area contributed by atoms with Crippen LogP contribution in [0.15, 0.2) is 5.38 Å². The van der Waals surface area contributed by atoms with Gasteiger partial charge in [-0.05, 0) is 19.8 Å². The molecule has 0 aliphatic heterocycles. The van der Waals surface area contributed by atoms with Gasteiger partial charge in [0.05, 0.1) is 5.01 Å². The number of hydrogen-bond acceptors (Lipinski definition) is 4. The molecule has 1 aromatic rings. The average Bonchev–Trinajstić information content (AvgIpc) is 2.52. The molecule has 1 aromatic heterocycles. The summed E-state index contributed by atoms with van der Waals surface area (Å²) in [6.45, 7) is 2.81. The molecule has 80 valence electrons. The van der Waals surface area contributed by atoms with Crippen LogP contribution in [0.3, 0.4) is 0 Å². The van der Waals surface area contributed by atoms with Crippen LogP contribution in [0.2, 0.25) is 0 Å². The van der Waals surface area contributed by atoms with E-state index < -0.39 is 0 Å². The molecule has 1 rings (SSSR count). The van der Waals surface area contributed by atoms with E-state index in [1.807, 2.05) is 6.92 Å². The van der Waals surface area contributed by atoms with E-state index in [0.29, 0.717) is 0 Å².